The molecule has 0 radical (unpaired) electrons. The Labute approximate surface area is 230 Å². The molecule has 9 nitrogen and oxygen atoms in total. The molecule has 194 valence electrons. The molecule has 0 saturated carbocycles. The number of nitrogens with one attached hydrogen (secondary N) is 3. The quantitative estimate of drug-likeness (QED) is 0.230. The summed E-state index contributed by atoms with van der Waals surface area (Å²) in [6.07, 6.45) is 0.457. The summed E-state index contributed by atoms with van der Waals surface area (Å²) in [7, 11) is -2.10. The van der Waals surface area contributed by atoms with Crippen LogP contribution >= 0.6 is 27.3 Å². The van der Waals surface area contributed by atoms with Gasteiger partial charge in [0.25, 0.3) is 0 Å². The molecule has 6 rings (SSSR count). The normalized spacial score (nSPS) is 17.5. The number of rotatable bonds is 7. The summed E-state index contributed by atoms with van der Waals surface area (Å²) >= 11 is 5.07. The van der Waals surface area contributed by atoms with Gasteiger partial charge in [-0.1, -0.05) is 51.5 Å². The molecule has 1 aliphatic heterocycles. The summed E-state index contributed by atoms with van der Waals surface area (Å²) in [4.78, 5) is 24.7. The van der Waals surface area contributed by atoms with Crippen LogP contribution in [0.15, 0.2) is 65.1 Å². The van der Waals surface area contributed by atoms with Gasteiger partial charge in [-0.3, -0.25) is 9.52 Å². The number of carbonyl (C=O) groups is 1. The second-order valence-electron chi connectivity index (χ2n) is 9.01. The lowest BCUT2D eigenvalue weighted by Crippen LogP contribution is -2.21. The van der Waals surface area contributed by atoms with E-state index in [0.29, 0.717) is 16.5 Å². The predicted octanol–water partition coefficient (Wildman–Crippen LogP) is 5.23. The summed E-state index contributed by atoms with van der Waals surface area (Å²) in [5, 5.41) is 3.38. The zero-order valence-electron chi connectivity index (χ0n) is 20.1. The number of H-pyrrole nitrogens is 1. The first-order valence-corrected chi connectivity index (χ1v) is 14.9. The lowest BCUT2D eigenvalue weighted by molar-refractivity contribution is -0.118. The lowest BCUT2D eigenvalue weighted by Gasteiger charge is -2.18. The number of hydrogen-bond donors (Lipinski definition) is 3. The van der Waals surface area contributed by atoms with Crippen LogP contribution in [0.4, 0.5) is 5.13 Å². The number of anilines is 1. The fraction of sp³-hybridized carbons (Fsp3) is 0.192. The second-order valence-corrected chi connectivity index (χ2v) is 12.8. The first kappa shape index (κ1) is 24.8. The van der Waals surface area contributed by atoms with Crippen molar-refractivity contribution >= 4 is 69.6 Å². The summed E-state index contributed by atoms with van der Waals surface area (Å²) in [6, 6.07) is 18.9. The molecule has 1 aliphatic rings. The number of aromatic nitrogens is 3. The van der Waals surface area contributed by atoms with E-state index in [1.165, 1.54) is 11.3 Å². The zero-order chi connectivity index (χ0) is 26.4. The Morgan fingerprint density at radius 1 is 1.13 bits per heavy atom. The van der Waals surface area contributed by atoms with Crippen molar-refractivity contribution in [1.82, 2.24) is 19.7 Å². The number of sulfonamides is 1. The number of nitrogens with zero attached hydrogens (tertiary/aromatic N) is 2. The Balaban J connectivity index is 1.33. The molecule has 1 saturated heterocycles. The van der Waals surface area contributed by atoms with Gasteiger partial charge in [-0.05, 0) is 53.9 Å². The number of para-hydroxylation sites is 2. The van der Waals surface area contributed by atoms with Crippen molar-refractivity contribution in [3.05, 3.63) is 82.1 Å². The molecule has 3 N–H and O–H groups in total. The number of imidazole rings is 1. The molecule has 2 aromatic heterocycles. The molecule has 1 amide bonds. The van der Waals surface area contributed by atoms with Gasteiger partial charge in [0, 0.05) is 4.47 Å². The van der Waals surface area contributed by atoms with E-state index in [9.17, 15) is 13.2 Å². The molecular formula is C26H22BrN5O4S2. The van der Waals surface area contributed by atoms with E-state index >= 15 is 0 Å². The smallest absolute Gasteiger partial charge is 0.242 e. The molecule has 0 aliphatic carbocycles. The van der Waals surface area contributed by atoms with Crippen molar-refractivity contribution in [2.75, 3.05) is 12.4 Å². The number of fused-ring (bicyclic) bond motifs is 2. The SMILES string of the molecule is COc1ccc2nc(NC(Cc3ccc(C4CC(=O)NS4(=O)=O)c(Br)c3)c3nc4ccccc4[nH]3)sc2c1. The van der Waals surface area contributed by atoms with Gasteiger partial charge in [-0.15, -0.1) is 0 Å². The maximum absolute atomic E-state index is 12.4. The van der Waals surface area contributed by atoms with Crippen LogP contribution in [-0.2, 0) is 21.2 Å². The molecule has 0 spiro atoms. The van der Waals surface area contributed by atoms with Crippen LogP contribution in [0.1, 0.15) is 34.7 Å². The van der Waals surface area contributed by atoms with E-state index < -0.39 is 21.2 Å². The van der Waals surface area contributed by atoms with Crippen LogP contribution < -0.4 is 14.8 Å². The number of halogens is 1. The molecular weight excluding hydrogens is 590 g/mol. The molecule has 5 aromatic rings. The fourth-order valence-corrected chi connectivity index (χ4v) is 7.87. The zero-order valence-corrected chi connectivity index (χ0v) is 23.3. The van der Waals surface area contributed by atoms with Crippen LogP contribution in [-0.4, -0.2) is 36.4 Å². The van der Waals surface area contributed by atoms with Crippen molar-refractivity contribution in [1.29, 1.82) is 0 Å². The average molecular weight is 613 g/mol. The number of carbonyl (C=O) groups excluding carboxylic acids is 1. The summed E-state index contributed by atoms with van der Waals surface area (Å²) in [5.41, 5.74) is 4.18. The third-order valence-electron chi connectivity index (χ3n) is 6.48. The highest BCUT2D eigenvalue weighted by atomic mass is 79.9. The topological polar surface area (TPSA) is 126 Å². The molecule has 2 unspecified atom stereocenters. The maximum atomic E-state index is 12.4. The van der Waals surface area contributed by atoms with E-state index in [1.807, 2.05) is 54.6 Å². The molecule has 3 aromatic carbocycles. The van der Waals surface area contributed by atoms with Gasteiger partial charge >= 0.3 is 0 Å². The fourth-order valence-electron chi connectivity index (χ4n) is 4.62. The Bertz CT molecular complexity index is 1770. The Morgan fingerprint density at radius 2 is 1.97 bits per heavy atom. The molecule has 2 atom stereocenters. The highest BCUT2D eigenvalue weighted by Gasteiger charge is 2.38. The molecule has 0 bridgehead atoms. The largest absolute Gasteiger partial charge is 0.497 e. The minimum atomic E-state index is -3.74. The Hall–Kier alpha value is -3.48. The average Bonchev–Trinajstić information content (AvgIpc) is 3.57. The number of methoxy groups -OCH3 is 1. The number of amides is 1. The van der Waals surface area contributed by atoms with E-state index in [1.54, 1.807) is 13.2 Å². The first-order chi connectivity index (χ1) is 18.3. The van der Waals surface area contributed by atoms with E-state index in [4.69, 9.17) is 14.7 Å². The molecule has 3 heterocycles. The number of ether oxygens (including phenoxy) is 1. The third kappa shape index (κ3) is 4.74. The lowest BCUT2D eigenvalue weighted by atomic mass is 10.0. The molecule has 12 heteroatoms. The highest BCUT2D eigenvalue weighted by Crippen LogP contribution is 2.37. The van der Waals surface area contributed by atoms with Crippen LogP contribution in [0.25, 0.3) is 21.3 Å². The monoisotopic (exact) mass is 611 g/mol. The molecule has 1 fully saturated rings. The number of benzene rings is 3. The van der Waals surface area contributed by atoms with Crippen molar-refractivity contribution in [3.8, 4) is 5.75 Å². The number of thiazole rings is 1. The summed E-state index contributed by atoms with van der Waals surface area (Å²) in [6.45, 7) is 0. The van der Waals surface area contributed by atoms with Gasteiger partial charge in [-0.2, -0.15) is 0 Å². The van der Waals surface area contributed by atoms with Crippen LogP contribution in [0.2, 0.25) is 0 Å². The molecule has 38 heavy (non-hydrogen) atoms. The van der Waals surface area contributed by atoms with E-state index in [2.05, 4.69) is 31.0 Å². The Morgan fingerprint density at radius 3 is 2.71 bits per heavy atom. The van der Waals surface area contributed by atoms with Crippen LogP contribution in [0.3, 0.4) is 0 Å². The van der Waals surface area contributed by atoms with Gasteiger partial charge in [0.05, 0.1) is 40.8 Å². The first-order valence-electron chi connectivity index (χ1n) is 11.8. The number of hydrogen-bond acceptors (Lipinski definition) is 8. The van der Waals surface area contributed by atoms with E-state index in [-0.39, 0.29) is 12.5 Å². The van der Waals surface area contributed by atoms with E-state index in [0.717, 1.165) is 43.5 Å². The maximum Gasteiger partial charge on any atom is 0.242 e. The standard InChI is InChI=1S/C26H22BrN5O4S2/c1-36-15-7-9-20-22(12-15)37-26(30-20)31-21(25-28-18-4-2-3-5-19(18)29-25)11-14-6-8-16(17(27)10-14)23-13-24(33)32-38(23,34)35/h2-10,12,21,23H,11,13H2,1H3,(H,28,29)(H,30,31)(H,32,33). The highest BCUT2D eigenvalue weighted by molar-refractivity contribution is 9.10. The number of aromatic amines is 1. The van der Waals surface area contributed by atoms with Gasteiger partial charge in [0.1, 0.15) is 16.8 Å². The Kier molecular flexibility index (Phi) is 6.33. The third-order valence-corrected chi connectivity index (χ3v) is 9.80. The van der Waals surface area contributed by atoms with Crippen molar-refractivity contribution in [3.63, 3.8) is 0 Å². The minimum absolute atomic E-state index is 0.0914. The van der Waals surface area contributed by atoms with Gasteiger partial charge in [0.2, 0.25) is 15.9 Å². The summed E-state index contributed by atoms with van der Waals surface area (Å²) in [5.74, 6) is 1.04. The van der Waals surface area contributed by atoms with Crippen molar-refractivity contribution < 1.29 is 17.9 Å². The predicted molar refractivity (Wildman–Crippen MR) is 151 cm³/mol. The van der Waals surface area contributed by atoms with Crippen molar-refractivity contribution in [2.24, 2.45) is 0 Å². The minimum Gasteiger partial charge on any atom is -0.497 e. The van der Waals surface area contributed by atoms with Crippen molar-refractivity contribution in [2.45, 2.75) is 24.1 Å². The van der Waals surface area contributed by atoms with Gasteiger partial charge < -0.3 is 15.0 Å². The summed E-state index contributed by atoms with van der Waals surface area (Å²) < 4.78 is 33.8. The van der Waals surface area contributed by atoms with Gasteiger partial charge in [-0.25, -0.2) is 18.4 Å². The van der Waals surface area contributed by atoms with Gasteiger partial charge in [0.15, 0.2) is 5.13 Å². The second kappa shape index (κ2) is 9.68. The van der Waals surface area contributed by atoms with Crippen LogP contribution in [0, 0.1) is 0 Å². The van der Waals surface area contributed by atoms with Crippen LogP contribution in [0.5, 0.6) is 5.75 Å².